The highest BCUT2D eigenvalue weighted by atomic mass is 16.2. The van der Waals surface area contributed by atoms with Crippen LogP contribution in [0.3, 0.4) is 0 Å². The summed E-state index contributed by atoms with van der Waals surface area (Å²) in [5.41, 5.74) is 6.87. The van der Waals surface area contributed by atoms with Crippen LogP contribution in [-0.4, -0.2) is 35.8 Å². The molecule has 1 aromatic carbocycles. The molecule has 5 nitrogen and oxygen atoms in total. The van der Waals surface area contributed by atoms with E-state index in [2.05, 4.69) is 10.9 Å². The average Bonchev–Trinajstić information content (AvgIpc) is 2.89. The molecule has 2 N–H and O–H groups in total. The number of hydrazine groups is 1. The third kappa shape index (κ3) is 1.19. The number of benzene rings is 1. The second-order valence-corrected chi connectivity index (χ2v) is 3.94. The van der Waals surface area contributed by atoms with Gasteiger partial charge in [0.2, 0.25) is 0 Å². The number of imide groups is 1. The van der Waals surface area contributed by atoms with Gasteiger partial charge in [-0.2, -0.15) is 0 Å². The van der Waals surface area contributed by atoms with Gasteiger partial charge in [-0.1, -0.05) is 12.1 Å². The lowest BCUT2D eigenvalue weighted by Crippen LogP contribution is -2.42. The molecule has 0 atom stereocenters. The lowest BCUT2D eigenvalue weighted by atomic mass is 10.1. The van der Waals surface area contributed by atoms with Crippen LogP contribution in [-0.2, 0) is 0 Å². The van der Waals surface area contributed by atoms with Crippen molar-refractivity contribution in [3.05, 3.63) is 35.4 Å². The van der Waals surface area contributed by atoms with E-state index >= 15 is 0 Å². The number of hydrogen-bond donors (Lipinski definition) is 2. The first-order chi connectivity index (χ1) is 7.79. The molecule has 0 saturated carbocycles. The van der Waals surface area contributed by atoms with Crippen molar-refractivity contribution in [3.8, 4) is 0 Å². The highest BCUT2D eigenvalue weighted by Gasteiger charge is 2.40. The van der Waals surface area contributed by atoms with Crippen LogP contribution in [0.15, 0.2) is 24.3 Å². The summed E-state index contributed by atoms with van der Waals surface area (Å²) in [6.07, 6.45) is 0. The number of hydrogen-bond acceptors (Lipinski definition) is 4. The van der Waals surface area contributed by atoms with Crippen LogP contribution in [0, 0.1) is 0 Å². The van der Waals surface area contributed by atoms with E-state index < -0.39 is 0 Å². The van der Waals surface area contributed by atoms with Crippen molar-refractivity contribution in [3.63, 3.8) is 0 Å². The summed E-state index contributed by atoms with van der Waals surface area (Å²) in [5.74, 6) is -0.368. The van der Waals surface area contributed by atoms with Gasteiger partial charge in [0.1, 0.15) is 0 Å². The molecule has 0 bridgehead atoms. The minimum Gasteiger partial charge on any atom is -0.269 e. The van der Waals surface area contributed by atoms with Gasteiger partial charge in [0.05, 0.1) is 17.2 Å². The Labute approximate surface area is 92.4 Å². The number of amides is 2. The Balaban J connectivity index is 2.00. The largest absolute Gasteiger partial charge is 0.269 e. The number of nitrogens with zero attached hydrogens (tertiary/aromatic N) is 1. The van der Waals surface area contributed by atoms with Gasteiger partial charge in [0, 0.05) is 13.1 Å². The molecule has 0 radical (unpaired) electrons. The maximum atomic E-state index is 12.0. The third-order valence-electron chi connectivity index (χ3n) is 2.99. The molecule has 1 aromatic rings. The Kier molecular flexibility index (Phi) is 2.02. The minimum atomic E-state index is -0.184. The van der Waals surface area contributed by atoms with Crippen LogP contribution in [0.5, 0.6) is 0 Å². The molecule has 16 heavy (non-hydrogen) atoms. The molecule has 3 rings (SSSR count). The van der Waals surface area contributed by atoms with Crippen molar-refractivity contribution in [2.45, 2.75) is 6.04 Å². The van der Waals surface area contributed by atoms with E-state index in [0.717, 1.165) is 0 Å². The van der Waals surface area contributed by atoms with Crippen LogP contribution in [0.2, 0.25) is 0 Å². The molecule has 2 heterocycles. The number of fused-ring (bicyclic) bond motifs is 1. The lowest BCUT2D eigenvalue weighted by Gasteiger charge is -2.19. The smallest absolute Gasteiger partial charge is 0.261 e. The molecule has 5 heteroatoms. The van der Waals surface area contributed by atoms with Gasteiger partial charge >= 0.3 is 0 Å². The van der Waals surface area contributed by atoms with Gasteiger partial charge in [-0.3, -0.25) is 25.3 Å². The summed E-state index contributed by atoms with van der Waals surface area (Å²) < 4.78 is 0. The van der Waals surface area contributed by atoms with E-state index in [1.165, 1.54) is 4.90 Å². The fourth-order valence-corrected chi connectivity index (χ4v) is 2.17. The summed E-state index contributed by atoms with van der Waals surface area (Å²) in [5, 5.41) is 0. The molecule has 2 aliphatic heterocycles. The van der Waals surface area contributed by atoms with E-state index in [9.17, 15) is 9.59 Å². The van der Waals surface area contributed by atoms with E-state index in [-0.39, 0.29) is 17.9 Å². The Hall–Kier alpha value is -1.72. The Morgan fingerprint density at radius 3 is 2.00 bits per heavy atom. The molecule has 0 spiro atoms. The van der Waals surface area contributed by atoms with Crippen LogP contribution < -0.4 is 10.9 Å². The first-order valence-electron chi connectivity index (χ1n) is 5.21. The lowest BCUT2D eigenvalue weighted by molar-refractivity contribution is 0.0604. The first-order valence-corrected chi connectivity index (χ1v) is 5.21. The highest BCUT2D eigenvalue weighted by molar-refractivity contribution is 6.21. The maximum absolute atomic E-state index is 12.0. The fraction of sp³-hybridized carbons (Fsp3) is 0.273. The zero-order valence-electron chi connectivity index (χ0n) is 8.56. The van der Waals surface area contributed by atoms with Gasteiger partial charge in [-0.05, 0) is 12.1 Å². The zero-order valence-corrected chi connectivity index (χ0v) is 8.56. The van der Waals surface area contributed by atoms with Gasteiger partial charge in [0.15, 0.2) is 0 Å². The molecule has 2 aliphatic rings. The maximum Gasteiger partial charge on any atom is 0.261 e. The number of carbonyl (C=O) groups excluding carboxylic acids is 2. The molecule has 0 aromatic heterocycles. The molecule has 1 saturated heterocycles. The zero-order chi connectivity index (χ0) is 11.1. The molecular weight excluding hydrogens is 206 g/mol. The van der Waals surface area contributed by atoms with E-state index in [4.69, 9.17) is 0 Å². The Morgan fingerprint density at radius 1 is 1.00 bits per heavy atom. The Morgan fingerprint density at radius 2 is 1.50 bits per heavy atom. The number of carbonyl (C=O) groups is 2. The topological polar surface area (TPSA) is 61.4 Å². The monoisotopic (exact) mass is 217 g/mol. The van der Waals surface area contributed by atoms with Crippen molar-refractivity contribution < 1.29 is 9.59 Å². The SMILES string of the molecule is O=C1c2ccccc2C(=O)N1C1CNNC1. The molecule has 1 fully saturated rings. The van der Waals surface area contributed by atoms with Crippen molar-refractivity contribution in [1.29, 1.82) is 0 Å². The average molecular weight is 217 g/mol. The van der Waals surface area contributed by atoms with Crippen LogP contribution in [0.25, 0.3) is 0 Å². The van der Waals surface area contributed by atoms with Crippen LogP contribution in [0.1, 0.15) is 20.7 Å². The molecular formula is C11H11N3O2. The quantitative estimate of drug-likeness (QED) is 0.637. The number of nitrogens with one attached hydrogen (secondary N) is 2. The first kappa shape index (κ1) is 9.50. The van der Waals surface area contributed by atoms with Gasteiger partial charge in [-0.25, -0.2) is 0 Å². The van der Waals surface area contributed by atoms with Crippen molar-refractivity contribution >= 4 is 11.8 Å². The predicted molar refractivity (Wildman–Crippen MR) is 56.7 cm³/mol. The van der Waals surface area contributed by atoms with E-state index in [1.54, 1.807) is 24.3 Å². The van der Waals surface area contributed by atoms with Crippen molar-refractivity contribution in [2.24, 2.45) is 0 Å². The standard InChI is InChI=1S/C11H11N3O2/c15-10-8-3-1-2-4-9(8)11(16)14(10)7-5-12-13-6-7/h1-4,7,12-13H,5-6H2. The molecule has 82 valence electrons. The predicted octanol–water partition coefficient (Wildman–Crippen LogP) is -0.241. The van der Waals surface area contributed by atoms with E-state index in [0.29, 0.717) is 24.2 Å². The van der Waals surface area contributed by atoms with Gasteiger partial charge < -0.3 is 0 Å². The summed E-state index contributed by atoms with van der Waals surface area (Å²) >= 11 is 0. The molecule has 0 unspecified atom stereocenters. The summed E-state index contributed by atoms with van der Waals surface area (Å²) in [6.45, 7) is 1.21. The van der Waals surface area contributed by atoms with Gasteiger partial charge in [0.25, 0.3) is 11.8 Å². The van der Waals surface area contributed by atoms with Crippen LogP contribution >= 0.6 is 0 Å². The summed E-state index contributed by atoms with van der Waals surface area (Å²) in [7, 11) is 0. The van der Waals surface area contributed by atoms with Crippen molar-refractivity contribution in [2.75, 3.05) is 13.1 Å². The summed E-state index contributed by atoms with van der Waals surface area (Å²) in [4.78, 5) is 25.4. The Bertz CT molecular complexity index is 431. The highest BCUT2D eigenvalue weighted by Crippen LogP contribution is 2.24. The normalized spacial score (nSPS) is 20.6. The number of rotatable bonds is 1. The van der Waals surface area contributed by atoms with Gasteiger partial charge in [-0.15, -0.1) is 0 Å². The fourth-order valence-electron chi connectivity index (χ4n) is 2.17. The second-order valence-electron chi connectivity index (χ2n) is 3.94. The second kappa shape index (κ2) is 3.40. The third-order valence-corrected chi connectivity index (χ3v) is 2.99. The van der Waals surface area contributed by atoms with Crippen LogP contribution in [0.4, 0.5) is 0 Å². The minimum absolute atomic E-state index is 0.0904. The van der Waals surface area contributed by atoms with Crippen molar-refractivity contribution in [1.82, 2.24) is 15.8 Å². The van der Waals surface area contributed by atoms with E-state index in [1.807, 2.05) is 0 Å². The summed E-state index contributed by atoms with van der Waals surface area (Å²) in [6, 6.07) is 6.86. The molecule has 2 amide bonds. The molecule has 0 aliphatic carbocycles.